The zero-order valence-corrected chi connectivity index (χ0v) is 12.5. The van der Waals surface area contributed by atoms with Crippen molar-refractivity contribution >= 4 is 5.91 Å². The van der Waals surface area contributed by atoms with E-state index in [0.717, 1.165) is 0 Å². The van der Waals surface area contributed by atoms with Gasteiger partial charge in [-0.25, -0.2) is 0 Å². The molecule has 1 amide bonds. The molecule has 2 N–H and O–H groups in total. The Morgan fingerprint density at radius 3 is 2.80 bits per heavy atom. The smallest absolute Gasteiger partial charge is 0.254 e. The van der Waals surface area contributed by atoms with Gasteiger partial charge in [-0.3, -0.25) is 4.79 Å². The average molecular weight is 281 g/mol. The van der Waals surface area contributed by atoms with Gasteiger partial charge in [0.2, 0.25) is 0 Å². The van der Waals surface area contributed by atoms with Crippen molar-refractivity contribution < 1.29 is 19.1 Å². The molecule has 1 aliphatic carbocycles. The Labute approximate surface area is 119 Å². The van der Waals surface area contributed by atoms with E-state index in [2.05, 4.69) is 5.32 Å². The molecule has 5 nitrogen and oxygen atoms in total. The lowest BCUT2D eigenvalue weighted by Crippen LogP contribution is -2.68. The maximum Gasteiger partial charge on any atom is 0.254 e. The van der Waals surface area contributed by atoms with Crippen LogP contribution >= 0.6 is 0 Å². The second-order valence-corrected chi connectivity index (χ2v) is 5.97. The molecule has 0 bridgehead atoms. The molecule has 1 aromatic rings. The third kappa shape index (κ3) is 2.36. The van der Waals surface area contributed by atoms with E-state index in [1.54, 1.807) is 13.0 Å². The first-order valence-electron chi connectivity index (χ1n) is 6.98. The van der Waals surface area contributed by atoms with E-state index in [1.807, 2.05) is 20.8 Å². The molecule has 0 aromatic carbocycles. The van der Waals surface area contributed by atoms with Crippen molar-refractivity contribution in [2.45, 2.75) is 45.8 Å². The van der Waals surface area contributed by atoms with Gasteiger partial charge in [-0.15, -0.1) is 0 Å². The molecule has 20 heavy (non-hydrogen) atoms. The summed E-state index contributed by atoms with van der Waals surface area (Å²) in [5.74, 6) is 0.356. The summed E-state index contributed by atoms with van der Waals surface area (Å²) in [7, 11) is 0. The molecule has 1 saturated carbocycles. The minimum absolute atomic E-state index is 0.0325. The number of amides is 1. The predicted octanol–water partition coefficient (Wildman–Crippen LogP) is 1.88. The van der Waals surface area contributed by atoms with Crippen molar-refractivity contribution in [3.63, 3.8) is 0 Å². The lowest BCUT2D eigenvalue weighted by molar-refractivity contribution is -0.237. The molecule has 2 rings (SSSR count). The van der Waals surface area contributed by atoms with Crippen LogP contribution in [0.15, 0.2) is 16.7 Å². The number of hydrogen-bond acceptors (Lipinski definition) is 4. The molecular formula is C15H23NO4. The van der Waals surface area contributed by atoms with Gasteiger partial charge in [-0.05, 0) is 19.9 Å². The molecule has 0 spiro atoms. The van der Waals surface area contributed by atoms with Crippen molar-refractivity contribution in [2.75, 3.05) is 13.2 Å². The standard InChI is InChI=1S/C15H23NO4/c1-5-19-12-8-15(18,14(12,3)4)9-16-13(17)11-6-7-20-10(11)2/h6-7,12,18H,5,8-9H2,1-4H3,(H,16,17)/t12-,15-/m0/s1. The van der Waals surface area contributed by atoms with Crippen molar-refractivity contribution in [2.24, 2.45) is 5.41 Å². The number of carbonyl (C=O) groups excluding carboxylic acids is 1. The fourth-order valence-corrected chi connectivity index (χ4v) is 2.70. The molecule has 1 aromatic heterocycles. The molecule has 0 radical (unpaired) electrons. The number of ether oxygens (including phenoxy) is 1. The van der Waals surface area contributed by atoms with Crippen LogP contribution in [0.25, 0.3) is 0 Å². The Kier molecular flexibility index (Phi) is 3.93. The predicted molar refractivity (Wildman–Crippen MR) is 74.5 cm³/mol. The Hall–Kier alpha value is -1.33. The van der Waals surface area contributed by atoms with E-state index in [9.17, 15) is 9.90 Å². The topological polar surface area (TPSA) is 71.7 Å². The van der Waals surface area contributed by atoms with Gasteiger partial charge in [0.1, 0.15) is 5.76 Å². The summed E-state index contributed by atoms with van der Waals surface area (Å²) in [5.41, 5.74) is -0.797. The van der Waals surface area contributed by atoms with Gasteiger partial charge in [0, 0.05) is 25.0 Å². The molecule has 1 aliphatic rings. The molecule has 5 heteroatoms. The maximum absolute atomic E-state index is 12.0. The summed E-state index contributed by atoms with van der Waals surface area (Å²) >= 11 is 0. The van der Waals surface area contributed by atoms with Gasteiger partial charge in [0.15, 0.2) is 0 Å². The van der Waals surface area contributed by atoms with Crippen LogP contribution in [0.1, 0.15) is 43.3 Å². The van der Waals surface area contributed by atoms with Crippen molar-refractivity contribution in [3.8, 4) is 0 Å². The van der Waals surface area contributed by atoms with Crippen LogP contribution in [0, 0.1) is 12.3 Å². The zero-order chi connectivity index (χ0) is 15.0. The molecule has 1 heterocycles. The number of nitrogens with one attached hydrogen (secondary N) is 1. The SMILES string of the molecule is CCO[C@H]1C[C@](O)(CNC(=O)c2ccoc2C)C1(C)C. The van der Waals surface area contributed by atoms with Crippen molar-refractivity contribution in [3.05, 3.63) is 23.7 Å². The van der Waals surface area contributed by atoms with E-state index >= 15 is 0 Å². The fourth-order valence-electron chi connectivity index (χ4n) is 2.70. The van der Waals surface area contributed by atoms with E-state index in [4.69, 9.17) is 9.15 Å². The summed E-state index contributed by atoms with van der Waals surface area (Å²) < 4.78 is 10.7. The van der Waals surface area contributed by atoms with Crippen LogP contribution < -0.4 is 5.32 Å². The minimum atomic E-state index is -0.930. The first-order valence-corrected chi connectivity index (χ1v) is 6.98. The first-order chi connectivity index (χ1) is 9.32. The van der Waals surface area contributed by atoms with Crippen molar-refractivity contribution in [1.29, 1.82) is 0 Å². The quantitative estimate of drug-likeness (QED) is 0.864. The van der Waals surface area contributed by atoms with Crippen LogP contribution in [0.4, 0.5) is 0 Å². The van der Waals surface area contributed by atoms with Gasteiger partial charge in [-0.2, -0.15) is 0 Å². The molecule has 112 valence electrons. The average Bonchev–Trinajstić information content (AvgIpc) is 2.82. The summed E-state index contributed by atoms with van der Waals surface area (Å²) in [4.78, 5) is 12.0. The monoisotopic (exact) mass is 281 g/mol. The Morgan fingerprint density at radius 2 is 2.30 bits per heavy atom. The summed E-state index contributed by atoms with van der Waals surface area (Å²) in [5, 5.41) is 13.4. The van der Waals surface area contributed by atoms with Crippen LogP contribution in [-0.2, 0) is 4.74 Å². The summed E-state index contributed by atoms with van der Waals surface area (Å²) in [6, 6.07) is 1.63. The second kappa shape index (κ2) is 5.22. The fraction of sp³-hybridized carbons (Fsp3) is 0.667. The van der Waals surface area contributed by atoms with Crippen molar-refractivity contribution in [1.82, 2.24) is 5.32 Å². The highest BCUT2D eigenvalue weighted by Crippen LogP contribution is 2.50. The van der Waals surface area contributed by atoms with E-state index in [-0.39, 0.29) is 24.0 Å². The third-order valence-electron chi connectivity index (χ3n) is 4.54. The molecular weight excluding hydrogens is 258 g/mol. The van der Waals surface area contributed by atoms with Gasteiger partial charge in [0.05, 0.1) is 23.5 Å². The molecule has 0 saturated heterocycles. The molecule has 1 fully saturated rings. The van der Waals surface area contributed by atoms with E-state index in [1.165, 1.54) is 6.26 Å². The zero-order valence-electron chi connectivity index (χ0n) is 12.5. The van der Waals surface area contributed by atoms with E-state index in [0.29, 0.717) is 24.4 Å². The number of aryl methyl sites for hydroxylation is 1. The Morgan fingerprint density at radius 1 is 1.60 bits per heavy atom. The van der Waals surface area contributed by atoms with Crippen LogP contribution in [0.2, 0.25) is 0 Å². The van der Waals surface area contributed by atoms with Crippen LogP contribution in [-0.4, -0.2) is 35.9 Å². The Balaban J connectivity index is 1.95. The lowest BCUT2D eigenvalue weighted by atomic mass is 9.56. The number of hydrogen-bond donors (Lipinski definition) is 2. The highest BCUT2D eigenvalue weighted by atomic mass is 16.5. The summed E-state index contributed by atoms with van der Waals surface area (Å²) in [6.07, 6.45) is 2.06. The van der Waals surface area contributed by atoms with Gasteiger partial charge >= 0.3 is 0 Å². The number of rotatable bonds is 5. The second-order valence-electron chi connectivity index (χ2n) is 5.97. The largest absolute Gasteiger partial charge is 0.469 e. The van der Waals surface area contributed by atoms with Crippen LogP contribution in [0.3, 0.4) is 0 Å². The third-order valence-corrected chi connectivity index (χ3v) is 4.54. The minimum Gasteiger partial charge on any atom is -0.469 e. The van der Waals surface area contributed by atoms with Crippen LogP contribution in [0.5, 0.6) is 0 Å². The van der Waals surface area contributed by atoms with E-state index < -0.39 is 5.60 Å². The number of aliphatic hydroxyl groups is 1. The van der Waals surface area contributed by atoms with Gasteiger partial charge in [-0.1, -0.05) is 13.8 Å². The highest BCUT2D eigenvalue weighted by Gasteiger charge is 2.59. The number of furan rings is 1. The Bertz CT molecular complexity index is 494. The van der Waals surface area contributed by atoms with Gasteiger partial charge < -0.3 is 19.6 Å². The highest BCUT2D eigenvalue weighted by molar-refractivity contribution is 5.95. The lowest BCUT2D eigenvalue weighted by Gasteiger charge is -2.57. The normalized spacial score (nSPS) is 27.9. The molecule has 0 unspecified atom stereocenters. The molecule has 2 atom stereocenters. The maximum atomic E-state index is 12.0. The first kappa shape index (κ1) is 15.1. The molecule has 0 aliphatic heterocycles. The van der Waals surface area contributed by atoms with Gasteiger partial charge in [0.25, 0.3) is 5.91 Å². The number of carbonyl (C=O) groups is 1. The summed E-state index contributed by atoms with van der Waals surface area (Å²) in [6.45, 7) is 8.45.